The van der Waals surface area contributed by atoms with Crippen LogP contribution in [-0.4, -0.2) is 20.8 Å². The van der Waals surface area contributed by atoms with Crippen molar-refractivity contribution in [1.82, 2.24) is 0 Å². The second-order valence-electron chi connectivity index (χ2n) is 3.74. The highest BCUT2D eigenvalue weighted by atomic mass is 16.5. The molecule has 0 fully saturated rings. The zero-order valence-corrected chi connectivity index (χ0v) is 10.4. The zero-order chi connectivity index (χ0) is 12.3. The average molecular weight is 231 g/mol. The Hall–Kier alpha value is -1.90. The molecule has 3 heteroatoms. The van der Waals surface area contributed by atoms with Gasteiger partial charge in [0.1, 0.15) is 11.5 Å². The second-order valence-corrected chi connectivity index (χ2v) is 3.74. The van der Waals surface area contributed by atoms with Crippen molar-refractivity contribution >= 4 is 16.5 Å². The van der Waals surface area contributed by atoms with Gasteiger partial charge in [-0.1, -0.05) is 24.3 Å². The molecule has 17 heavy (non-hydrogen) atoms. The summed E-state index contributed by atoms with van der Waals surface area (Å²) in [6, 6.07) is 10.0. The van der Waals surface area contributed by atoms with Gasteiger partial charge in [0, 0.05) is 23.4 Å². The molecule has 1 N–H and O–H groups in total. The van der Waals surface area contributed by atoms with Crippen molar-refractivity contribution < 1.29 is 9.47 Å². The third-order valence-electron chi connectivity index (χ3n) is 2.75. The lowest BCUT2D eigenvalue weighted by molar-refractivity contribution is 0.412. The van der Waals surface area contributed by atoms with E-state index in [1.54, 1.807) is 14.2 Å². The minimum absolute atomic E-state index is 0.845. The van der Waals surface area contributed by atoms with Gasteiger partial charge in [0.05, 0.1) is 19.9 Å². The number of hydrogen-bond acceptors (Lipinski definition) is 3. The summed E-state index contributed by atoms with van der Waals surface area (Å²) >= 11 is 0. The number of anilines is 1. The molecule has 0 radical (unpaired) electrons. The van der Waals surface area contributed by atoms with Gasteiger partial charge >= 0.3 is 0 Å². The first-order chi connectivity index (χ1) is 8.31. The van der Waals surface area contributed by atoms with Crippen LogP contribution in [0, 0.1) is 0 Å². The van der Waals surface area contributed by atoms with Gasteiger partial charge in [0.15, 0.2) is 0 Å². The van der Waals surface area contributed by atoms with Crippen molar-refractivity contribution in [3.8, 4) is 11.5 Å². The first-order valence-corrected chi connectivity index (χ1v) is 5.69. The van der Waals surface area contributed by atoms with E-state index in [1.807, 2.05) is 30.3 Å². The quantitative estimate of drug-likeness (QED) is 0.875. The molecule has 0 aliphatic carbocycles. The van der Waals surface area contributed by atoms with E-state index < -0.39 is 0 Å². The van der Waals surface area contributed by atoms with Crippen molar-refractivity contribution in [3.05, 3.63) is 30.3 Å². The summed E-state index contributed by atoms with van der Waals surface area (Å²) in [6.45, 7) is 2.90. The Kier molecular flexibility index (Phi) is 3.38. The Bertz CT molecular complexity index is 523. The molecule has 0 amide bonds. The Morgan fingerprint density at radius 1 is 1.06 bits per heavy atom. The van der Waals surface area contributed by atoms with Gasteiger partial charge in [0.25, 0.3) is 0 Å². The standard InChI is InChI=1S/C14H17NO2/c1-4-15-12-9-13(16-2)10-7-5-6-8-11(10)14(12)17-3/h5-9,15H,4H2,1-3H3. The maximum atomic E-state index is 5.49. The summed E-state index contributed by atoms with van der Waals surface area (Å²) < 4.78 is 10.9. The molecule has 0 heterocycles. The predicted octanol–water partition coefficient (Wildman–Crippen LogP) is 3.29. The molecule has 0 aromatic heterocycles. The molecule has 0 saturated carbocycles. The topological polar surface area (TPSA) is 30.5 Å². The van der Waals surface area contributed by atoms with Gasteiger partial charge < -0.3 is 14.8 Å². The number of hydrogen-bond donors (Lipinski definition) is 1. The van der Waals surface area contributed by atoms with Crippen LogP contribution in [0.1, 0.15) is 6.92 Å². The van der Waals surface area contributed by atoms with E-state index in [1.165, 1.54) is 0 Å². The molecule has 0 aliphatic heterocycles. The van der Waals surface area contributed by atoms with E-state index in [0.29, 0.717) is 0 Å². The van der Waals surface area contributed by atoms with Gasteiger partial charge in [-0.25, -0.2) is 0 Å². The molecule has 0 unspecified atom stereocenters. The fourth-order valence-corrected chi connectivity index (χ4v) is 2.03. The fraction of sp³-hybridized carbons (Fsp3) is 0.286. The van der Waals surface area contributed by atoms with Crippen LogP contribution in [0.3, 0.4) is 0 Å². The maximum Gasteiger partial charge on any atom is 0.150 e. The minimum Gasteiger partial charge on any atom is -0.496 e. The van der Waals surface area contributed by atoms with E-state index in [2.05, 4.69) is 12.2 Å². The van der Waals surface area contributed by atoms with Gasteiger partial charge in [-0.2, -0.15) is 0 Å². The summed E-state index contributed by atoms with van der Waals surface area (Å²) in [5.41, 5.74) is 0.963. The summed E-state index contributed by atoms with van der Waals surface area (Å²) in [5.74, 6) is 1.72. The van der Waals surface area contributed by atoms with Crippen LogP contribution in [0.4, 0.5) is 5.69 Å². The van der Waals surface area contributed by atoms with Crippen LogP contribution in [0.5, 0.6) is 11.5 Å². The number of ether oxygens (including phenoxy) is 2. The summed E-state index contributed by atoms with van der Waals surface area (Å²) in [7, 11) is 3.37. The number of benzene rings is 2. The van der Waals surface area contributed by atoms with Crippen LogP contribution < -0.4 is 14.8 Å². The molecule has 3 nitrogen and oxygen atoms in total. The third-order valence-corrected chi connectivity index (χ3v) is 2.75. The molecule has 0 atom stereocenters. The second kappa shape index (κ2) is 4.95. The predicted molar refractivity (Wildman–Crippen MR) is 71.2 cm³/mol. The molecule has 0 spiro atoms. The lowest BCUT2D eigenvalue weighted by atomic mass is 10.1. The van der Waals surface area contributed by atoms with Crippen LogP contribution in [0.2, 0.25) is 0 Å². The summed E-state index contributed by atoms with van der Waals surface area (Å²) in [5, 5.41) is 5.41. The molecule has 2 rings (SSSR count). The van der Waals surface area contributed by atoms with E-state index in [-0.39, 0.29) is 0 Å². The number of fused-ring (bicyclic) bond motifs is 1. The minimum atomic E-state index is 0.845. The van der Waals surface area contributed by atoms with E-state index in [0.717, 1.165) is 34.5 Å². The van der Waals surface area contributed by atoms with Crippen molar-refractivity contribution in [2.24, 2.45) is 0 Å². The molecular formula is C14H17NO2. The van der Waals surface area contributed by atoms with Crippen molar-refractivity contribution in [2.45, 2.75) is 6.92 Å². The van der Waals surface area contributed by atoms with Crippen LogP contribution in [-0.2, 0) is 0 Å². The normalized spacial score (nSPS) is 10.3. The van der Waals surface area contributed by atoms with Crippen LogP contribution in [0.25, 0.3) is 10.8 Å². The zero-order valence-electron chi connectivity index (χ0n) is 10.4. The number of rotatable bonds is 4. The highest BCUT2D eigenvalue weighted by Gasteiger charge is 2.12. The van der Waals surface area contributed by atoms with Gasteiger partial charge in [-0.15, -0.1) is 0 Å². The lowest BCUT2D eigenvalue weighted by Gasteiger charge is -2.15. The van der Waals surface area contributed by atoms with Crippen LogP contribution in [0.15, 0.2) is 30.3 Å². The SMILES string of the molecule is CCNc1cc(OC)c2ccccc2c1OC. The average Bonchev–Trinajstić information content (AvgIpc) is 2.38. The maximum absolute atomic E-state index is 5.49. The molecule has 2 aromatic rings. The number of methoxy groups -OCH3 is 2. The molecule has 0 aliphatic rings. The Labute approximate surface area is 101 Å². The molecular weight excluding hydrogens is 214 g/mol. The van der Waals surface area contributed by atoms with Crippen molar-refractivity contribution in [2.75, 3.05) is 26.1 Å². The monoisotopic (exact) mass is 231 g/mol. The van der Waals surface area contributed by atoms with Gasteiger partial charge in [-0.05, 0) is 6.92 Å². The van der Waals surface area contributed by atoms with Gasteiger partial charge in [0.2, 0.25) is 0 Å². The molecule has 0 saturated heterocycles. The molecule has 2 aromatic carbocycles. The van der Waals surface area contributed by atoms with E-state index >= 15 is 0 Å². The smallest absolute Gasteiger partial charge is 0.150 e. The van der Waals surface area contributed by atoms with Crippen LogP contribution >= 0.6 is 0 Å². The van der Waals surface area contributed by atoms with E-state index in [4.69, 9.17) is 9.47 Å². The summed E-state index contributed by atoms with van der Waals surface area (Å²) in [4.78, 5) is 0. The highest BCUT2D eigenvalue weighted by Crippen LogP contribution is 2.39. The largest absolute Gasteiger partial charge is 0.496 e. The Balaban J connectivity index is 2.74. The summed E-state index contributed by atoms with van der Waals surface area (Å²) in [6.07, 6.45) is 0. The highest BCUT2D eigenvalue weighted by molar-refractivity contribution is 5.98. The molecule has 90 valence electrons. The van der Waals surface area contributed by atoms with Crippen molar-refractivity contribution in [3.63, 3.8) is 0 Å². The first-order valence-electron chi connectivity index (χ1n) is 5.69. The fourth-order valence-electron chi connectivity index (χ4n) is 2.03. The third kappa shape index (κ3) is 2.00. The molecule has 0 bridgehead atoms. The Morgan fingerprint density at radius 3 is 2.35 bits per heavy atom. The first kappa shape index (κ1) is 11.6. The van der Waals surface area contributed by atoms with Crippen molar-refractivity contribution in [1.29, 1.82) is 0 Å². The lowest BCUT2D eigenvalue weighted by Crippen LogP contribution is -2.01. The Morgan fingerprint density at radius 2 is 1.76 bits per heavy atom. The van der Waals surface area contributed by atoms with Gasteiger partial charge in [-0.3, -0.25) is 0 Å². The van der Waals surface area contributed by atoms with E-state index in [9.17, 15) is 0 Å². The number of nitrogens with one attached hydrogen (secondary N) is 1.